The van der Waals surface area contributed by atoms with E-state index in [0.717, 1.165) is 5.56 Å². The minimum atomic E-state index is -0.976. The lowest BCUT2D eigenvalue weighted by molar-refractivity contribution is 0.0696. The fourth-order valence-electron chi connectivity index (χ4n) is 1.85. The van der Waals surface area contributed by atoms with Crippen molar-refractivity contribution in [3.8, 4) is 5.75 Å². The van der Waals surface area contributed by atoms with E-state index in [-0.39, 0.29) is 11.3 Å². The lowest BCUT2D eigenvalue weighted by Crippen LogP contribution is -1.98. The van der Waals surface area contributed by atoms with E-state index >= 15 is 0 Å². The van der Waals surface area contributed by atoms with Crippen molar-refractivity contribution >= 4 is 17.8 Å². The van der Waals surface area contributed by atoms with Gasteiger partial charge in [-0.25, -0.2) is 4.79 Å². The number of carbonyl (C=O) groups is 2. The molecule has 0 aromatic heterocycles. The number of hydrogen-bond acceptors (Lipinski definition) is 3. The van der Waals surface area contributed by atoms with Crippen LogP contribution in [-0.4, -0.2) is 24.0 Å². The maximum Gasteiger partial charge on any atom is 0.335 e. The van der Waals surface area contributed by atoms with Crippen molar-refractivity contribution in [2.75, 3.05) is 7.11 Å². The average molecular weight is 282 g/mol. The molecule has 0 aliphatic rings. The summed E-state index contributed by atoms with van der Waals surface area (Å²) in [6, 6.07) is 13.3. The molecule has 0 amide bonds. The summed E-state index contributed by atoms with van der Waals surface area (Å²) in [5, 5.41) is 8.81. The van der Waals surface area contributed by atoms with Crippen LogP contribution in [0.3, 0.4) is 0 Å². The van der Waals surface area contributed by atoms with Gasteiger partial charge in [0.1, 0.15) is 5.75 Å². The van der Waals surface area contributed by atoms with Gasteiger partial charge >= 0.3 is 5.97 Å². The van der Waals surface area contributed by atoms with Gasteiger partial charge in [-0.3, -0.25) is 4.79 Å². The molecular weight excluding hydrogens is 268 g/mol. The van der Waals surface area contributed by atoms with Crippen molar-refractivity contribution in [2.45, 2.75) is 0 Å². The first kappa shape index (κ1) is 14.5. The molecule has 0 bridgehead atoms. The summed E-state index contributed by atoms with van der Waals surface area (Å²) in [6.07, 6.45) is 3.08. The molecular formula is C17H14O4. The Labute approximate surface area is 122 Å². The van der Waals surface area contributed by atoms with Gasteiger partial charge in [0, 0.05) is 0 Å². The van der Waals surface area contributed by atoms with Crippen LogP contribution in [0, 0.1) is 0 Å². The molecule has 0 saturated carbocycles. The summed E-state index contributed by atoms with van der Waals surface area (Å²) in [7, 11) is 1.51. The monoisotopic (exact) mass is 282 g/mol. The van der Waals surface area contributed by atoms with Crippen LogP contribution in [0.2, 0.25) is 0 Å². The lowest BCUT2D eigenvalue weighted by atomic mass is 10.1. The number of carboxylic acid groups (broad SMARTS) is 1. The average Bonchev–Trinajstić information content (AvgIpc) is 2.52. The number of ether oxygens (including phenoxy) is 1. The second-order valence-corrected chi connectivity index (χ2v) is 4.33. The van der Waals surface area contributed by atoms with E-state index < -0.39 is 5.97 Å². The minimum Gasteiger partial charge on any atom is -0.496 e. The van der Waals surface area contributed by atoms with Gasteiger partial charge in [-0.1, -0.05) is 30.3 Å². The maximum absolute atomic E-state index is 12.1. The summed E-state index contributed by atoms with van der Waals surface area (Å²) >= 11 is 0. The highest BCUT2D eigenvalue weighted by Crippen LogP contribution is 2.18. The molecule has 0 saturated heterocycles. The van der Waals surface area contributed by atoms with Crippen LogP contribution < -0.4 is 4.74 Å². The zero-order valence-corrected chi connectivity index (χ0v) is 11.4. The lowest BCUT2D eigenvalue weighted by Gasteiger charge is -2.04. The van der Waals surface area contributed by atoms with Gasteiger partial charge in [-0.2, -0.15) is 0 Å². The van der Waals surface area contributed by atoms with Crippen molar-refractivity contribution in [2.24, 2.45) is 0 Å². The van der Waals surface area contributed by atoms with Crippen LogP contribution >= 0.6 is 0 Å². The molecule has 0 aliphatic carbocycles. The SMILES string of the molecule is COc1ccccc1C(=O)C=Cc1ccc(C(=O)O)cc1. The van der Waals surface area contributed by atoms with Crippen LogP contribution in [0.15, 0.2) is 54.6 Å². The smallest absolute Gasteiger partial charge is 0.335 e. The van der Waals surface area contributed by atoms with Crippen LogP contribution in [0.1, 0.15) is 26.3 Å². The van der Waals surface area contributed by atoms with Crippen LogP contribution in [0.5, 0.6) is 5.75 Å². The Morgan fingerprint density at radius 2 is 1.71 bits per heavy atom. The minimum absolute atomic E-state index is 0.172. The number of carboxylic acids is 1. The number of carbonyl (C=O) groups excluding carboxylic acids is 1. The molecule has 21 heavy (non-hydrogen) atoms. The molecule has 4 heteroatoms. The van der Waals surface area contributed by atoms with Crippen molar-refractivity contribution in [3.05, 3.63) is 71.3 Å². The van der Waals surface area contributed by atoms with Gasteiger partial charge in [-0.15, -0.1) is 0 Å². The highest BCUT2D eigenvalue weighted by Gasteiger charge is 2.08. The van der Waals surface area contributed by atoms with Crippen LogP contribution in [-0.2, 0) is 0 Å². The Balaban J connectivity index is 2.17. The van der Waals surface area contributed by atoms with Gasteiger partial charge < -0.3 is 9.84 Å². The first-order valence-corrected chi connectivity index (χ1v) is 6.30. The van der Waals surface area contributed by atoms with E-state index in [0.29, 0.717) is 11.3 Å². The molecule has 0 unspecified atom stereocenters. The standard InChI is InChI=1S/C17H14O4/c1-21-16-5-3-2-4-14(16)15(18)11-8-12-6-9-13(10-7-12)17(19)20/h2-11H,1H3,(H,19,20). The molecule has 0 radical (unpaired) electrons. The summed E-state index contributed by atoms with van der Waals surface area (Å²) in [5.41, 5.74) is 1.45. The fraction of sp³-hybridized carbons (Fsp3) is 0.0588. The first-order valence-electron chi connectivity index (χ1n) is 6.30. The zero-order valence-electron chi connectivity index (χ0n) is 11.4. The van der Waals surface area contributed by atoms with Crippen molar-refractivity contribution in [3.63, 3.8) is 0 Å². The van der Waals surface area contributed by atoms with Crippen LogP contribution in [0.4, 0.5) is 0 Å². The number of rotatable bonds is 5. The fourth-order valence-corrected chi connectivity index (χ4v) is 1.85. The number of methoxy groups -OCH3 is 1. The summed E-state index contributed by atoms with van der Waals surface area (Å²) in [5.74, 6) is -0.626. The van der Waals surface area contributed by atoms with Crippen molar-refractivity contribution in [1.82, 2.24) is 0 Å². The number of ketones is 1. The van der Waals surface area contributed by atoms with Gasteiger partial charge in [0.15, 0.2) is 5.78 Å². The van der Waals surface area contributed by atoms with E-state index in [1.807, 2.05) is 0 Å². The largest absolute Gasteiger partial charge is 0.496 e. The predicted molar refractivity (Wildman–Crippen MR) is 79.8 cm³/mol. The molecule has 2 aromatic rings. The van der Waals surface area contributed by atoms with E-state index in [1.54, 1.807) is 42.5 Å². The van der Waals surface area contributed by atoms with E-state index in [4.69, 9.17) is 9.84 Å². The number of para-hydroxylation sites is 1. The van der Waals surface area contributed by atoms with Gasteiger partial charge in [0.05, 0.1) is 18.2 Å². The Morgan fingerprint density at radius 3 is 2.33 bits per heavy atom. The third kappa shape index (κ3) is 3.57. The number of aromatic carboxylic acids is 1. The van der Waals surface area contributed by atoms with Crippen molar-refractivity contribution < 1.29 is 19.4 Å². The Bertz CT molecular complexity index is 684. The van der Waals surface area contributed by atoms with Crippen molar-refractivity contribution in [1.29, 1.82) is 0 Å². The second-order valence-electron chi connectivity index (χ2n) is 4.33. The molecule has 2 aromatic carbocycles. The second kappa shape index (κ2) is 6.52. The predicted octanol–water partition coefficient (Wildman–Crippen LogP) is 3.29. The van der Waals surface area contributed by atoms with E-state index in [9.17, 15) is 9.59 Å². The third-order valence-electron chi connectivity index (χ3n) is 2.96. The molecule has 2 rings (SSSR count). The highest BCUT2D eigenvalue weighted by molar-refractivity contribution is 6.08. The molecule has 0 aliphatic heterocycles. The normalized spacial score (nSPS) is 10.5. The summed E-state index contributed by atoms with van der Waals surface area (Å²) in [4.78, 5) is 22.9. The van der Waals surface area contributed by atoms with E-state index in [1.165, 1.54) is 25.3 Å². The molecule has 1 N–H and O–H groups in total. The number of hydrogen-bond donors (Lipinski definition) is 1. The highest BCUT2D eigenvalue weighted by atomic mass is 16.5. The first-order chi connectivity index (χ1) is 10.1. The van der Waals surface area contributed by atoms with E-state index in [2.05, 4.69) is 0 Å². The summed E-state index contributed by atoms with van der Waals surface area (Å²) < 4.78 is 5.14. The molecule has 106 valence electrons. The molecule has 4 nitrogen and oxygen atoms in total. The van der Waals surface area contributed by atoms with Gasteiger partial charge in [-0.05, 0) is 35.9 Å². The molecule has 0 spiro atoms. The molecule has 0 atom stereocenters. The van der Waals surface area contributed by atoms with Crippen LogP contribution in [0.25, 0.3) is 6.08 Å². The quantitative estimate of drug-likeness (QED) is 0.675. The Kier molecular flexibility index (Phi) is 4.51. The topological polar surface area (TPSA) is 63.6 Å². The molecule has 0 heterocycles. The summed E-state index contributed by atoms with van der Waals surface area (Å²) in [6.45, 7) is 0. The Morgan fingerprint density at radius 1 is 1.05 bits per heavy atom. The molecule has 0 fully saturated rings. The maximum atomic E-state index is 12.1. The van der Waals surface area contributed by atoms with Gasteiger partial charge in [0.25, 0.3) is 0 Å². The zero-order chi connectivity index (χ0) is 15.2. The third-order valence-corrected chi connectivity index (χ3v) is 2.96. The number of allylic oxidation sites excluding steroid dienone is 1. The number of benzene rings is 2. The Hall–Kier alpha value is -2.88. The van der Waals surface area contributed by atoms with Gasteiger partial charge in [0.2, 0.25) is 0 Å².